The lowest BCUT2D eigenvalue weighted by atomic mass is 10.0. The van der Waals surface area contributed by atoms with Gasteiger partial charge in [-0.1, -0.05) is 5.16 Å². The Hall–Kier alpha value is -0.630. The van der Waals surface area contributed by atoms with Crippen LogP contribution in [0.25, 0.3) is 0 Å². The first kappa shape index (κ1) is 15.3. The second-order valence-electron chi connectivity index (χ2n) is 6.14. The summed E-state index contributed by atoms with van der Waals surface area (Å²) in [6.07, 6.45) is 1.19. The van der Waals surface area contributed by atoms with E-state index in [9.17, 15) is 0 Å². The minimum atomic E-state index is 0.233. The molecule has 2 fully saturated rings. The molecule has 3 rings (SSSR count). The van der Waals surface area contributed by atoms with Crippen LogP contribution in [-0.4, -0.2) is 78.3 Å². The van der Waals surface area contributed by atoms with Crippen molar-refractivity contribution in [3.05, 3.63) is 11.7 Å². The average Bonchev–Trinajstić information content (AvgIpc) is 3.09. The molecule has 0 radical (unpaired) electrons. The molecule has 21 heavy (non-hydrogen) atoms. The number of rotatable bonds is 3. The average molecular weight is 311 g/mol. The van der Waals surface area contributed by atoms with Gasteiger partial charge in [0.05, 0.1) is 12.0 Å². The quantitative estimate of drug-likeness (QED) is 0.886. The highest BCUT2D eigenvalue weighted by molar-refractivity contribution is 7.99. The van der Waals surface area contributed by atoms with Crippen molar-refractivity contribution in [2.75, 3.05) is 52.3 Å². The molecule has 0 aromatic carbocycles. The molecule has 7 heteroatoms. The van der Waals surface area contributed by atoms with Gasteiger partial charge in [0.25, 0.3) is 0 Å². The number of likely N-dealkylation sites (N-methyl/N-ethyl adjacent to an activating group) is 3. The van der Waals surface area contributed by atoms with E-state index in [1.54, 1.807) is 0 Å². The highest BCUT2D eigenvalue weighted by atomic mass is 32.2. The van der Waals surface area contributed by atoms with Crippen LogP contribution < -0.4 is 5.32 Å². The van der Waals surface area contributed by atoms with E-state index < -0.39 is 0 Å². The summed E-state index contributed by atoms with van der Waals surface area (Å²) < 4.78 is 5.60. The van der Waals surface area contributed by atoms with Gasteiger partial charge in [0.1, 0.15) is 0 Å². The van der Waals surface area contributed by atoms with E-state index in [0.717, 1.165) is 42.9 Å². The largest absolute Gasteiger partial charge is 0.339 e. The van der Waals surface area contributed by atoms with Crippen LogP contribution in [0, 0.1) is 0 Å². The van der Waals surface area contributed by atoms with Crippen molar-refractivity contribution < 1.29 is 4.52 Å². The lowest BCUT2D eigenvalue weighted by Crippen LogP contribution is -2.32. The van der Waals surface area contributed by atoms with Gasteiger partial charge in [0, 0.05) is 24.1 Å². The summed E-state index contributed by atoms with van der Waals surface area (Å²) in [4.78, 5) is 9.44. The molecule has 1 aromatic rings. The Morgan fingerprint density at radius 2 is 2.14 bits per heavy atom. The molecule has 0 saturated carbocycles. The standard InChI is InChI=1S/C14H25N5OS/c1-15-11-9-21-8-10(11)14-16-13(17-20-14)12-7-18(2)5-4-6-19(12)3/h10-12,15H,4-9H2,1-3H3. The van der Waals surface area contributed by atoms with Crippen LogP contribution in [0.4, 0.5) is 0 Å². The number of hydrogen-bond donors (Lipinski definition) is 1. The third-order valence-corrected chi connectivity index (χ3v) is 5.78. The van der Waals surface area contributed by atoms with Crippen molar-refractivity contribution in [2.24, 2.45) is 0 Å². The molecule has 6 nitrogen and oxygen atoms in total. The summed E-state index contributed by atoms with van der Waals surface area (Å²) in [6.45, 7) is 3.17. The molecule has 1 aromatic heterocycles. The second-order valence-corrected chi connectivity index (χ2v) is 7.22. The summed E-state index contributed by atoms with van der Waals surface area (Å²) in [7, 11) is 6.33. The van der Waals surface area contributed by atoms with E-state index in [1.165, 1.54) is 6.42 Å². The van der Waals surface area contributed by atoms with Gasteiger partial charge in [-0.15, -0.1) is 0 Å². The molecular weight excluding hydrogens is 286 g/mol. The van der Waals surface area contributed by atoms with E-state index in [2.05, 4.69) is 34.4 Å². The number of thioether (sulfide) groups is 1. The second kappa shape index (κ2) is 6.64. The van der Waals surface area contributed by atoms with Crippen molar-refractivity contribution >= 4 is 11.8 Å². The fourth-order valence-electron chi connectivity index (χ4n) is 3.17. The molecule has 1 N–H and O–H groups in total. The minimum Gasteiger partial charge on any atom is -0.339 e. The molecule has 0 aliphatic carbocycles. The van der Waals surface area contributed by atoms with Gasteiger partial charge in [0.15, 0.2) is 5.82 Å². The van der Waals surface area contributed by atoms with E-state index in [1.807, 2.05) is 18.8 Å². The Bertz CT molecular complexity index is 468. The maximum atomic E-state index is 5.60. The molecule has 118 valence electrons. The zero-order chi connectivity index (χ0) is 14.8. The zero-order valence-corrected chi connectivity index (χ0v) is 13.9. The van der Waals surface area contributed by atoms with E-state index in [-0.39, 0.29) is 6.04 Å². The van der Waals surface area contributed by atoms with Crippen LogP contribution in [0.15, 0.2) is 4.52 Å². The van der Waals surface area contributed by atoms with Gasteiger partial charge >= 0.3 is 0 Å². The third kappa shape index (κ3) is 3.26. The molecule has 3 unspecified atom stereocenters. The molecular formula is C14H25N5OS. The SMILES string of the molecule is CNC1CSCC1c1nc(C2CN(C)CCCN2C)no1. The Balaban J connectivity index is 1.77. The predicted octanol–water partition coefficient (Wildman–Crippen LogP) is 0.796. The Kier molecular flexibility index (Phi) is 4.83. The van der Waals surface area contributed by atoms with Crippen molar-refractivity contribution in [2.45, 2.75) is 24.4 Å². The van der Waals surface area contributed by atoms with E-state index >= 15 is 0 Å². The number of hydrogen-bond acceptors (Lipinski definition) is 7. The minimum absolute atomic E-state index is 0.233. The van der Waals surface area contributed by atoms with Gasteiger partial charge in [-0.2, -0.15) is 16.7 Å². The first-order chi connectivity index (χ1) is 10.2. The number of aromatic nitrogens is 2. The first-order valence-electron chi connectivity index (χ1n) is 7.66. The third-order valence-electron chi connectivity index (χ3n) is 4.59. The molecule has 3 heterocycles. The van der Waals surface area contributed by atoms with Gasteiger partial charge in [-0.05, 0) is 40.7 Å². The lowest BCUT2D eigenvalue weighted by Gasteiger charge is -2.24. The molecule has 2 saturated heterocycles. The maximum absolute atomic E-state index is 5.60. The van der Waals surface area contributed by atoms with Crippen LogP contribution in [-0.2, 0) is 0 Å². The van der Waals surface area contributed by atoms with Crippen molar-refractivity contribution in [3.8, 4) is 0 Å². The van der Waals surface area contributed by atoms with Crippen LogP contribution in [0.5, 0.6) is 0 Å². The summed E-state index contributed by atoms with van der Waals surface area (Å²) in [6, 6.07) is 0.676. The zero-order valence-electron chi connectivity index (χ0n) is 13.1. The summed E-state index contributed by atoms with van der Waals surface area (Å²) >= 11 is 1.95. The fourth-order valence-corrected chi connectivity index (χ4v) is 4.58. The Labute approximate surface area is 130 Å². The Morgan fingerprint density at radius 3 is 2.95 bits per heavy atom. The van der Waals surface area contributed by atoms with Crippen LogP contribution in [0.3, 0.4) is 0 Å². The molecule has 3 atom stereocenters. The Morgan fingerprint density at radius 1 is 1.29 bits per heavy atom. The number of nitrogens with zero attached hydrogens (tertiary/aromatic N) is 4. The lowest BCUT2D eigenvalue weighted by molar-refractivity contribution is 0.214. The topological polar surface area (TPSA) is 57.4 Å². The van der Waals surface area contributed by atoms with Gasteiger partial charge < -0.3 is 14.7 Å². The summed E-state index contributed by atoms with van der Waals surface area (Å²) in [5.41, 5.74) is 0. The summed E-state index contributed by atoms with van der Waals surface area (Å²) in [5, 5.41) is 7.65. The van der Waals surface area contributed by atoms with Gasteiger partial charge in [0.2, 0.25) is 5.89 Å². The molecule has 0 bridgehead atoms. The maximum Gasteiger partial charge on any atom is 0.232 e. The number of nitrogens with one attached hydrogen (secondary N) is 1. The van der Waals surface area contributed by atoms with Crippen LogP contribution in [0.2, 0.25) is 0 Å². The van der Waals surface area contributed by atoms with Gasteiger partial charge in [-0.3, -0.25) is 4.90 Å². The highest BCUT2D eigenvalue weighted by Gasteiger charge is 2.34. The first-order valence-corrected chi connectivity index (χ1v) is 8.81. The van der Waals surface area contributed by atoms with Gasteiger partial charge in [-0.25, -0.2) is 0 Å². The van der Waals surface area contributed by atoms with Crippen LogP contribution >= 0.6 is 11.8 Å². The smallest absolute Gasteiger partial charge is 0.232 e. The van der Waals surface area contributed by atoms with Crippen LogP contribution in [0.1, 0.15) is 30.1 Å². The van der Waals surface area contributed by atoms with E-state index in [0.29, 0.717) is 12.0 Å². The monoisotopic (exact) mass is 311 g/mol. The summed E-state index contributed by atoms with van der Waals surface area (Å²) in [5.74, 6) is 4.16. The highest BCUT2D eigenvalue weighted by Crippen LogP contribution is 2.32. The molecule has 0 spiro atoms. The van der Waals surface area contributed by atoms with Crippen molar-refractivity contribution in [3.63, 3.8) is 0 Å². The predicted molar refractivity (Wildman–Crippen MR) is 84.7 cm³/mol. The van der Waals surface area contributed by atoms with Crippen molar-refractivity contribution in [1.29, 1.82) is 0 Å². The van der Waals surface area contributed by atoms with E-state index in [4.69, 9.17) is 9.51 Å². The molecule has 0 amide bonds. The normalized spacial score (nSPS) is 32.4. The fraction of sp³-hybridized carbons (Fsp3) is 0.857. The molecule has 2 aliphatic rings. The molecule has 2 aliphatic heterocycles. The van der Waals surface area contributed by atoms with Crippen molar-refractivity contribution in [1.82, 2.24) is 25.3 Å².